The molecular formula is C6H7Cl2NO2. The van der Waals surface area contributed by atoms with Crippen molar-refractivity contribution >= 4 is 29.2 Å². The molecular weight excluding hydrogens is 189 g/mol. The fourth-order valence-electron chi connectivity index (χ4n) is 2.02. The third-order valence-corrected chi connectivity index (χ3v) is 4.35. The van der Waals surface area contributed by atoms with Crippen LogP contribution in [-0.2, 0) is 4.79 Å². The number of halogens is 2. The highest BCUT2D eigenvalue weighted by molar-refractivity contribution is 6.53. The summed E-state index contributed by atoms with van der Waals surface area (Å²) in [7, 11) is 0. The van der Waals surface area contributed by atoms with Crippen molar-refractivity contribution in [1.29, 1.82) is 0 Å². The Kier molecular flexibility index (Phi) is 1.07. The molecule has 62 valence electrons. The minimum absolute atomic E-state index is 0.405. The molecule has 3 rings (SSSR count). The van der Waals surface area contributed by atoms with Crippen LogP contribution in [0.1, 0.15) is 12.8 Å². The smallest absolute Gasteiger partial charge is 0.312 e. The van der Waals surface area contributed by atoms with Crippen LogP contribution in [0.4, 0.5) is 0 Å². The Balaban J connectivity index is 2.32. The van der Waals surface area contributed by atoms with Crippen molar-refractivity contribution in [1.82, 2.24) is 0 Å². The molecule has 3 fully saturated rings. The van der Waals surface area contributed by atoms with E-state index in [0.29, 0.717) is 12.8 Å². The number of alkyl halides is 2. The van der Waals surface area contributed by atoms with Gasteiger partial charge in [0.25, 0.3) is 0 Å². The molecule has 0 aromatic carbocycles. The molecule has 0 amide bonds. The Morgan fingerprint density at radius 2 is 1.91 bits per heavy atom. The summed E-state index contributed by atoms with van der Waals surface area (Å²) in [6, 6.07) is 0. The van der Waals surface area contributed by atoms with Gasteiger partial charge >= 0.3 is 5.97 Å². The summed E-state index contributed by atoms with van der Waals surface area (Å²) >= 11 is 11.5. The van der Waals surface area contributed by atoms with Crippen LogP contribution in [-0.4, -0.2) is 20.9 Å². The first kappa shape index (κ1) is 7.65. The van der Waals surface area contributed by atoms with Crippen molar-refractivity contribution in [2.24, 2.45) is 11.1 Å². The molecule has 0 spiro atoms. The molecule has 0 atom stereocenters. The largest absolute Gasteiger partial charge is 0.481 e. The van der Waals surface area contributed by atoms with Crippen LogP contribution in [0.15, 0.2) is 0 Å². The Hall–Kier alpha value is 0.01000. The zero-order valence-electron chi connectivity index (χ0n) is 5.60. The van der Waals surface area contributed by atoms with E-state index < -0.39 is 21.3 Å². The van der Waals surface area contributed by atoms with Crippen LogP contribution in [0.2, 0.25) is 0 Å². The van der Waals surface area contributed by atoms with E-state index >= 15 is 0 Å². The Morgan fingerprint density at radius 1 is 1.45 bits per heavy atom. The SMILES string of the molecule is NC12CC(C(=O)O)(C1)C2(Cl)Cl. The molecule has 3 aliphatic carbocycles. The van der Waals surface area contributed by atoms with Crippen LogP contribution in [0, 0.1) is 5.41 Å². The second-order valence-electron chi connectivity index (χ2n) is 3.47. The van der Waals surface area contributed by atoms with E-state index in [0.717, 1.165) is 0 Å². The average Bonchev–Trinajstić information content (AvgIpc) is 1.81. The fraction of sp³-hybridized carbons (Fsp3) is 0.833. The van der Waals surface area contributed by atoms with Crippen LogP contribution < -0.4 is 5.73 Å². The van der Waals surface area contributed by atoms with E-state index in [2.05, 4.69) is 0 Å². The van der Waals surface area contributed by atoms with Crippen LogP contribution in [0.25, 0.3) is 0 Å². The number of hydrogen-bond acceptors (Lipinski definition) is 2. The van der Waals surface area contributed by atoms with E-state index in [1.165, 1.54) is 0 Å². The van der Waals surface area contributed by atoms with E-state index in [1.54, 1.807) is 0 Å². The number of nitrogens with two attached hydrogens (primary N) is 1. The topological polar surface area (TPSA) is 63.3 Å². The molecule has 2 bridgehead atoms. The Labute approximate surface area is 73.5 Å². The quantitative estimate of drug-likeness (QED) is 0.607. The third kappa shape index (κ3) is 0.495. The Morgan fingerprint density at radius 3 is 2.00 bits per heavy atom. The van der Waals surface area contributed by atoms with Crippen molar-refractivity contribution in [3.63, 3.8) is 0 Å². The zero-order valence-corrected chi connectivity index (χ0v) is 7.11. The molecule has 0 aromatic heterocycles. The van der Waals surface area contributed by atoms with Crippen molar-refractivity contribution in [2.45, 2.75) is 22.7 Å². The average molecular weight is 196 g/mol. The maximum absolute atomic E-state index is 10.7. The first-order valence-electron chi connectivity index (χ1n) is 3.26. The lowest BCUT2D eigenvalue weighted by Gasteiger charge is -2.74. The highest BCUT2D eigenvalue weighted by Gasteiger charge is 2.86. The highest BCUT2D eigenvalue weighted by Crippen LogP contribution is 2.77. The van der Waals surface area contributed by atoms with Crippen molar-refractivity contribution in [3.05, 3.63) is 0 Å². The van der Waals surface area contributed by atoms with Gasteiger partial charge in [-0.2, -0.15) is 0 Å². The zero-order chi connectivity index (χ0) is 8.49. The van der Waals surface area contributed by atoms with E-state index in [4.69, 9.17) is 34.0 Å². The van der Waals surface area contributed by atoms with Gasteiger partial charge in [-0.25, -0.2) is 0 Å². The van der Waals surface area contributed by atoms with Gasteiger partial charge in [0.2, 0.25) is 0 Å². The first-order valence-corrected chi connectivity index (χ1v) is 4.01. The number of aliphatic carboxylic acids is 1. The number of hydrogen-bond donors (Lipinski definition) is 2. The molecule has 3 aliphatic rings. The van der Waals surface area contributed by atoms with Gasteiger partial charge in [0.1, 0.15) is 5.41 Å². The van der Waals surface area contributed by atoms with Gasteiger partial charge in [0.05, 0.1) is 5.54 Å². The molecule has 11 heavy (non-hydrogen) atoms. The van der Waals surface area contributed by atoms with E-state index in [1.807, 2.05) is 0 Å². The van der Waals surface area contributed by atoms with E-state index in [-0.39, 0.29) is 0 Å². The van der Waals surface area contributed by atoms with E-state index in [9.17, 15) is 4.79 Å². The molecule has 3 saturated carbocycles. The van der Waals surface area contributed by atoms with Gasteiger partial charge in [0, 0.05) is 0 Å². The molecule has 0 saturated heterocycles. The molecule has 0 aromatic rings. The number of rotatable bonds is 1. The molecule has 0 unspecified atom stereocenters. The monoisotopic (exact) mass is 195 g/mol. The van der Waals surface area contributed by atoms with Gasteiger partial charge in [-0.3, -0.25) is 4.79 Å². The standard InChI is InChI=1S/C6H7Cl2NO2/c7-6(8)4(3(10)11)1-5(6,9)2-4/h1-2,9H2,(H,10,11). The fourth-order valence-corrected chi connectivity index (χ4v) is 2.71. The maximum Gasteiger partial charge on any atom is 0.312 e. The lowest BCUT2D eigenvalue weighted by atomic mass is 9.39. The molecule has 0 aliphatic heterocycles. The lowest BCUT2D eigenvalue weighted by molar-refractivity contribution is -0.196. The third-order valence-electron chi connectivity index (χ3n) is 2.87. The van der Waals surface area contributed by atoms with Gasteiger partial charge in [-0.15, -0.1) is 0 Å². The summed E-state index contributed by atoms with van der Waals surface area (Å²) in [5.41, 5.74) is 4.06. The van der Waals surface area contributed by atoms with Crippen molar-refractivity contribution < 1.29 is 9.90 Å². The second-order valence-corrected chi connectivity index (χ2v) is 4.80. The van der Waals surface area contributed by atoms with Gasteiger partial charge in [0.15, 0.2) is 4.33 Å². The van der Waals surface area contributed by atoms with Crippen LogP contribution in [0.5, 0.6) is 0 Å². The Bertz CT molecular complexity index is 245. The molecule has 0 radical (unpaired) electrons. The number of carboxylic acids is 1. The van der Waals surface area contributed by atoms with Gasteiger partial charge in [-0.05, 0) is 12.8 Å². The second kappa shape index (κ2) is 1.53. The van der Waals surface area contributed by atoms with Crippen molar-refractivity contribution in [2.75, 3.05) is 0 Å². The first-order chi connectivity index (χ1) is 4.86. The van der Waals surface area contributed by atoms with Crippen LogP contribution >= 0.6 is 23.2 Å². The normalized spacial score (nSPS) is 50.8. The molecule has 3 nitrogen and oxygen atoms in total. The molecule has 0 heterocycles. The van der Waals surface area contributed by atoms with Crippen LogP contribution in [0.3, 0.4) is 0 Å². The van der Waals surface area contributed by atoms with Gasteiger partial charge < -0.3 is 10.8 Å². The predicted octanol–water partition coefficient (Wildman–Crippen LogP) is 0.736. The maximum atomic E-state index is 10.7. The van der Waals surface area contributed by atoms with Crippen molar-refractivity contribution in [3.8, 4) is 0 Å². The summed E-state index contributed by atoms with van der Waals surface area (Å²) in [4.78, 5) is 10.7. The minimum atomic E-state index is -1.24. The number of carbonyl (C=O) groups is 1. The summed E-state index contributed by atoms with van der Waals surface area (Å²) in [6.45, 7) is 0. The summed E-state index contributed by atoms with van der Waals surface area (Å²) in [5.74, 6) is -0.935. The minimum Gasteiger partial charge on any atom is -0.481 e. The lowest BCUT2D eigenvalue weighted by Crippen LogP contribution is -2.88. The summed E-state index contributed by atoms with van der Waals surface area (Å²) in [6.07, 6.45) is 0.810. The molecule has 3 N–H and O–H groups in total. The molecule has 5 heteroatoms. The van der Waals surface area contributed by atoms with Gasteiger partial charge in [-0.1, -0.05) is 23.2 Å². The highest BCUT2D eigenvalue weighted by atomic mass is 35.5. The summed E-state index contributed by atoms with van der Waals surface area (Å²) in [5, 5.41) is 8.76. The predicted molar refractivity (Wildman–Crippen MR) is 40.7 cm³/mol. The summed E-state index contributed by atoms with van der Waals surface area (Å²) < 4.78 is -1.24. The number of carboxylic acid groups (broad SMARTS) is 1.